The minimum absolute atomic E-state index is 0.119. The summed E-state index contributed by atoms with van der Waals surface area (Å²) < 4.78 is 40.0. The summed E-state index contributed by atoms with van der Waals surface area (Å²) in [5, 5.41) is 18.3. The number of benzene rings is 2. The van der Waals surface area contributed by atoms with Crippen LogP contribution in [0, 0.1) is 0 Å². The highest BCUT2D eigenvalue weighted by molar-refractivity contribution is 6.38. The monoisotopic (exact) mass is 413 g/mol. The van der Waals surface area contributed by atoms with E-state index in [4.69, 9.17) is 23.2 Å². The summed E-state index contributed by atoms with van der Waals surface area (Å²) >= 11 is 11.8. The summed E-state index contributed by atoms with van der Waals surface area (Å²) in [6.45, 7) is 3.98. The second-order valence-corrected chi connectivity index (χ2v) is 6.39. The van der Waals surface area contributed by atoms with Crippen LogP contribution >= 0.6 is 23.2 Å². The lowest BCUT2D eigenvalue weighted by molar-refractivity contribution is -0.137. The fourth-order valence-electron chi connectivity index (χ4n) is 2.61. The number of fused-ring (bicyclic) bond motifs is 1. The summed E-state index contributed by atoms with van der Waals surface area (Å²) in [5.41, 5.74) is -0.249. The number of hydrogen-bond donors (Lipinski definition) is 1. The molecule has 2 aromatic carbocycles. The van der Waals surface area contributed by atoms with E-state index in [-0.39, 0.29) is 27.3 Å². The number of nitrogens with zero attached hydrogens (tertiary/aromatic N) is 3. The second-order valence-electron chi connectivity index (χ2n) is 5.57. The molecule has 1 heterocycles. The third-order valence-electron chi connectivity index (χ3n) is 3.82. The molecule has 0 saturated carbocycles. The Hall–Kier alpha value is -2.51. The lowest BCUT2D eigenvalue weighted by Gasteiger charge is -2.09. The zero-order chi connectivity index (χ0) is 19.8. The van der Waals surface area contributed by atoms with E-state index in [9.17, 15) is 18.3 Å². The van der Waals surface area contributed by atoms with Gasteiger partial charge >= 0.3 is 6.18 Å². The minimum Gasteiger partial charge on any atom is -0.493 e. The van der Waals surface area contributed by atoms with Gasteiger partial charge in [0.1, 0.15) is 5.69 Å². The van der Waals surface area contributed by atoms with Crippen LogP contribution in [0.5, 0.6) is 5.88 Å². The van der Waals surface area contributed by atoms with Gasteiger partial charge in [-0.15, -0.1) is 16.8 Å². The summed E-state index contributed by atoms with van der Waals surface area (Å²) in [4.78, 5) is 0. The van der Waals surface area contributed by atoms with E-state index in [2.05, 4.69) is 16.8 Å². The number of hydrogen-bond acceptors (Lipinski definition) is 3. The van der Waals surface area contributed by atoms with Gasteiger partial charge in [-0.25, -0.2) is 0 Å². The molecule has 0 bridgehead atoms. The maximum absolute atomic E-state index is 12.8. The SMILES string of the molecule is C=CCn1c(O)c(N=Nc2c(Cl)cc(C(F)(F)F)cc2Cl)c2ccccc21. The topological polar surface area (TPSA) is 49.9 Å². The predicted molar refractivity (Wildman–Crippen MR) is 99.4 cm³/mol. The molecule has 0 saturated heterocycles. The van der Waals surface area contributed by atoms with Gasteiger partial charge in [0, 0.05) is 11.9 Å². The lowest BCUT2D eigenvalue weighted by Crippen LogP contribution is -2.04. The fraction of sp³-hybridized carbons (Fsp3) is 0.111. The molecule has 1 N–H and O–H groups in total. The quantitative estimate of drug-likeness (QED) is 0.354. The third kappa shape index (κ3) is 3.65. The van der Waals surface area contributed by atoms with Crippen molar-refractivity contribution in [2.24, 2.45) is 10.2 Å². The fourth-order valence-corrected chi connectivity index (χ4v) is 3.17. The zero-order valence-electron chi connectivity index (χ0n) is 13.6. The van der Waals surface area contributed by atoms with Gasteiger partial charge in [-0.2, -0.15) is 13.2 Å². The van der Waals surface area contributed by atoms with Crippen molar-refractivity contribution in [1.82, 2.24) is 4.57 Å². The van der Waals surface area contributed by atoms with E-state index in [1.807, 2.05) is 0 Å². The van der Waals surface area contributed by atoms with E-state index in [0.717, 1.165) is 12.1 Å². The molecular formula is C18H12Cl2F3N3O. The van der Waals surface area contributed by atoms with Crippen molar-refractivity contribution < 1.29 is 18.3 Å². The first-order valence-electron chi connectivity index (χ1n) is 7.63. The molecule has 3 aromatic rings. The van der Waals surface area contributed by atoms with E-state index in [1.54, 1.807) is 34.9 Å². The third-order valence-corrected chi connectivity index (χ3v) is 4.40. The minimum atomic E-state index is -4.58. The Balaban J connectivity index is 2.10. The molecule has 0 aliphatic carbocycles. The van der Waals surface area contributed by atoms with Crippen molar-refractivity contribution in [3.8, 4) is 5.88 Å². The van der Waals surface area contributed by atoms with Gasteiger partial charge in [-0.05, 0) is 18.2 Å². The van der Waals surface area contributed by atoms with Crippen LogP contribution in [0.1, 0.15) is 5.56 Å². The Bertz CT molecular complexity index is 1030. The zero-order valence-corrected chi connectivity index (χ0v) is 15.1. The molecule has 140 valence electrons. The van der Waals surface area contributed by atoms with Crippen LogP contribution in [0.15, 0.2) is 59.3 Å². The molecule has 0 amide bonds. The van der Waals surface area contributed by atoms with Crippen LogP contribution in [0.2, 0.25) is 10.0 Å². The van der Waals surface area contributed by atoms with Gasteiger partial charge in [0.2, 0.25) is 5.88 Å². The summed E-state index contributed by atoms with van der Waals surface area (Å²) in [5.74, 6) is -0.154. The van der Waals surface area contributed by atoms with Crippen molar-refractivity contribution in [2.75, 3.05) is 0 Å². The standard InChI is InChI=1S/C18H12Cl2F3N3O/c1-2-7-26-14-6-4-3-5-11(14)15(17(26)27)24-25-16-12(19)8-10(9-13(16)20)18(21,22)23/h2-6,8-9,27H,1,7H2. The van der Waals surface area contributed by atoms with Gasteiger partial charge in [0.05, 0.1) is 21.1 Å². The summed E-state index contributed by atoms with van der Waals surface area (Å²) in [6, 6.07) is 8.53. The van der Waals surface area contributed by atoms with E-state index in [1.165, 1.54) is 0 Å². The molecule has 0 radical (unpaired) electrons. The molecule has 1 aromatic heterocycles. The number of allylic oxidation sites excluding steroid dienone is 1. The average molecular weight is 414 g/mol. The van der Waals surface area contributed by atoms with E-state index >= 15 is 0 Å². The van der Waals surface area contributed by atoms with Gasteiger partial charge in [0.15, 0.2) is 5.69 Å². The second kappa shape index (κ2) is 7.25. The Kier molecular flexibility index (Phi) is 5.17. The number of rotatable bonds is 4. The highest BCUT2D eigenvalue weighted by atomic mass is 35.5. The van der Waals surface area contributed by atoms with Crippen LogP contribution in [0.25, 0.3) is 10.9 Å². The number of aromatic nitrogens is 1. The molecule has 0 atom stereocenters. The van der Waals surface area contributed by atoms with Gasteiger partial charge in [-0.3, -0.25) is 0 Å². The molecule has 27 heavy (non-hydrogen) atoms. The first kappa shape index (κ1) is 19.3. The lowest BCUT2D eigenvalue weighted by atomic mass is 10.2. The average Bonchev–Trinajstić information content (AvgIpc) is 2.86. The first-order valence-corrected chi connectivity index (χ1v) is 8.38. The number of aromatic hydroxyl groups is 1. The predicted octanol–water partition coefficient (Wildman–Crippen LogP) is 7.27. The van der Waals surface area contributed by atoms with Crippen molar-refractivity contribution in [3.63, 3.8) is 0 Å². The van der Waals surface area contributed by atoms with Crippen molar-refractivity contribution in [1.29, 1.82) is 0 Å². The molecule has 0 aliphatic heterocycles. The summed E-state index contributed by atoms with van der Waals surface area (Å²) in [6.07, 6.45) is -2.98. The van der Waals surface area contributed by atoms with E-state index < -0.39 is 11.7 Å². The molecule has 3 rings (SSSR count). The Morgan fingerprint density at radius 2 is 1.67 bits per heavy atom. The molecule has 0 spiro atoms. The smallest absolute Gasteiger partial charge is 0.416 e. The van der Waals surface area contributed by atoms with Crippen LogP contribution in [-0.4, -0.2) is 9.67 Å². The maximum atomic E-state index is 12.8. The number of alkyl halides is 3. The Morgan fingerprint density at radius 1 is 1.07 bits per heavy atom. The van der Waals surface area contributed by atoms with Crippen LogP contribution in [0.4, 0.5) is 24.5 Å². The van der Waals surface area contributed by atoms with Crippen molar-refractivity contribution in [3.05, 3.63) is 64.7 Å². The molecule has 0 unspecified atom stereocenters. The van der Waals surface area contributed by atoms with Gasteiger partial charge < -0.3 is 9.67 Å². The number of halogens is 5. The van der Waals surface area contributed by atoms with E-state index in [0.29, 0.717) is 17.4 Å². The van der Waals surface area contributed by atoms with Crippen molar-refractivity contribution >= 4 is 45.5 Å². The molecule has 0 aliphatic rings. The summed E-state index contributed by atoms with van der Waals surface area (Å²) in [7, 11) is 0. The molecule has 0 fully saturated rings. The van der Waals surface area contributed by atoms with Crippen LogP contribution in [-0.2, 0) is 12.7 Å². The highest BCUT2D eigenvalue weighted by Gasteiger charge is 2.32. The van der Waals surface area contributed by atoms with Crippen molar-refractivity contribution in [2.45, 2.75) is 12.7 Å². The first-order chi connectivity index (χ1) is 12.7. The number of azo groups is 1. The molecule has 4 nitrogen and oxygen atoms in total. The Labute approximate surface area is 162 Å². The molecule has 9 heteroatoms. The normalized spacial score (nSPS) is 12.2. The Morgan fingerprint density at radius 3 is 2.26 bits per heavy atom. The number of para-hydroxylation sites is 1. The van der Waals surface area contributed by atoms with Crippen LogP contribution < -0.4 is 0 Å². The highest BCUT2D eigenvalue weighted by Crippen LogP contribution is 2.43. The molecular weight excluding hydrogens is 402 g/mol. The van der Waals surface area contributed by atoms with Gasteiger partial charge in [0.25, 0.3) is 0 Å². The van der Waals surface area contributed by atoms with Crippen LogP contribution in [0.3, 0.4) is 0 Å². The van der Waals surface area contributed by atoms with Gasteiger partial charge in [-0.1, -0.05) is 47.5 Å². The largest absolute Gasteiger partial charge is 0.493 e. The maximum Gasteiger partial charge on any atom is 0.416 e.